The van der Waals surface area contributed by atoms with Gasteiger partial charge in [-0.3, -0.25) is 23.6 Å². The first-order valence-electron chi connectivity index (χ1n) is 10.2. The molecule has 0 bridgehead atoms. The van der Waals surface area contributed by atoms with Crippen molar-refractivity contribution in [2.45, 2.75) is 29.9 Å². The van der Waals surface area contributed by atoms with E-state index in [1.165, 1.54) is 12.1 Å². The highest BCUT2D eigenvalue weighted by molar-refractivity contribution is 8.23. The molecule has 0 radical (unpaired) electrons. The monoisotopic (exact) mass is 445 g/mol. The quantitative estimate of drug-likeness (QED) is 0.543. The summed E-state index contributed by atoms with van der Waals surface area (Å²) in [6, 6.07) is 14.3. The van der Waals surface area contributed by atoms with Crippen LogP contribution >= 0.6 is 10.8 Å². The van der Waals surface area contributed by atoms with Crippen LogP contribution in [0.1, 0.15) is 33.9 Å². The molecule has 1 fully saturated rings. The SMILES string of the molecule is CN(C(=O)Cc1ccc2c(c1)S(O)(O)NC2=O)[C@H](CN1CCC(O)C1)c1ccccc1. The number of carbonyl (C=O) groups excluding carboxylic acids is 2. The van der Waals surface area contributed by atoms with E-state index in [0.29, 0.717) is 18.7 Å². The molecule has 2 amide bonds. The first-order valence-corrected chi connectivity index (χ1v) is 11.7. The van der Waals surface area contributed by atoms with Crippen LogP contribution in [-0.4, -0.2) is 68.6 Å². The topological polar surface area (TPSA) is 113 Å². The zero-order valence-corrected chi connectivity index (χ0v) is 18.1. The van der Waals surface area contributed by atoms with Gasteiger partial charge in [0.15, 0.2) is 0 Å². The van der Waals surface area contributed by atoms with Gasteiger partial charge in [-0.05, 0) is 29.7 Å². The van der Waals surface area contributed by atoms with E-state index in [0.717, 1.165) is 18.5 Å². The summed E-state index contributed by atoms with van der Waals surface area (Å²) in [5, 5.41) is 9.87. The third kappa shape index (κ3) is 4.60. The molecule has 0 spiro atoms. The molecule has 31 heavy (non-hydrogen) atoms. The van der Waals surface area contributed by atoms with Crippen LogP contribution in [0.25, 0.3) is 0 Å². The third-order valence-electron chi connectivity index (χ3n) is 5.91. The van der Waals surface area contributed by atoms with E-state index in [9.17, 15) is 23.8 Å². The van der Waals surface area contributed by atoms with E-state index in [2.05, 4.69) is 9.62 Å². The zero-order chi connectivity index (χ0) is 22.2. The van der Waals surface area contributed by atoms with Gasteiger partial charge in [0, 0.05) is 26.7 Å². The lowest BCUT2D eigenvalue weighted by Crippen LogP contribution is -2.39. The smallest absolute Gasteiger partial charge is 0.271 e. The summed E-state index contributed by atoms with van der Waals surface area (Å²) in [4.78, 5) is 29.0. The molecule has 9 heteroatoms. The van der Waals surface area contributed by atoms with Crippen molar-refractivity contribution in [2.75, 3.05) is 26.7 Å². The molecule has 2 atom stereocenters. The molecule has 0 saturated carbocycles. The lowest BCUT2D eigenvalue weighted by molar-refractivity contribution is -0.131. The first kappa shape index (κ1) is 21.8. The van der Waals surface area contributed by atoms with Crippen LogP contribution in [0.5, 0.6) is 0 Å². The average Bonchev–Trinajstić information content (AvgIpc) is 3.25. The number of nitrogens with zero attached hydrogens (tertiary/aromatic N) is 2. The standard InChI is InChI=1S/C22H27N3O5S/c1-24(19(16-5-3-2-4-6-16)14-25-10-9-17(26)13-25)21(27)12-15-7-8-18-20(11-15)31(29,30)23-22(18)28/h2-8,11,17,19,26,29-30H,9-10,12-14H2,1H3,(H,23,28)/t17?,19-/m1/s1. The minimum atomic E-state index is -3.37. The molecule has 4 rings (SSSR count). The van der Waals surface area contributed by atoms with E-state index >= 15 is 0 Å². The van der Waals surface area contributed by atoms with Crippen molar-refractivity contribution in [1.29, 1.82) is 0 Å². The maximum atomic E-state index is 13.1. The molecular weight excluding hydrogens is 418 g/mol. The fourth-order valence-electron chi connectivity index (χ4n) is 4.16. The second kappa shape index (κ2) is 8.60. The van der Waals surface area contributed by atoms with E-state index < -0.39 is 16.7 Å². The van der Waals surface area contributed by atoms with Crippen LogP contribution in [0.15, 0.2) is 53.4 Å². The number of likely N-dealkylation sites (N-methyl/N-ethyl adjacent to an activating group) is 1. The Morgan fingerprint density at radius 2 is 2.00 bits per heavy atom. The minimum Gasteiger partial charge on any atom is -0.392 e. The van der Waals surface area contributed by atoms with E-state index in [1.807, 2.05) is 30.3 Å². The van der Waals surface area contributed by atoms with E-state index in [1.54, 1.807) is 18.0 Å². The van der Waals surface area contributed by atoms with Gasteiger partial charge in [-0.15, -0.1) is 0 Å². The number of amides is 2. The molecular formula is C22H27N3O5S. The molecule has 2 aliphatic rings. The van der Waals surface area contributed by atoms with Gasteiger partial charge in [-0.25, -0.2) is 4.72 Å². The van der Waals surface area contributed by atoms with Crippen molar-refractivity contribution in [3.8, 4) is 0 Å². The van der Waals surface area contributed by atoms with Gasteiger partial charge < -0.3 is 10.0 Å². The fourth-order valence-corrected chi connectivity index (χ4v) is 5.42. The number of likely N-dealkylation sites (tertiary alicyclic amines) is 1. The molecule has 1 saturated heterocycles. The number of nitrogens with one attached hydrogen (secondary N) is 1. The molecule has 8 nitrogen and oxygen atoms in total. The number of rotatable bonds is 6. The Labute approximate surface area is 183 Å². The molecule has 2 aromatic carbocycles. The molecule has 0 aromatic heterocycles. The minimum absolute atomic E-state index is 0.0689. The second-order valence-corrected chi connectivity index (χ2v) is 9.86. The molecule has 1 unspecified atom stereocenters. The molecule has 2 heterocycles. The number of fused-ring (bicyclic) bond motifs is 1. The predicted molar refractivity (Wildman–Crippen MR) is 118 cm³/mol. The largest absolute Gasteiger partial charge is 0.392 e. The van der Waals surface area contributed by atoms with Gasteiger partial charge >= 0.3 is 0 Å². The van der Waals surface area contributed by atoms with Crippen LogP contribution in [0.4, 0.5) is 0 Å². The maximum Gasteiger partial charge on any atom is 0.271 e. The number of benzene rings is 2. The maximum absolute atomic E-state index is 13.1. The normalized spacial score (nSPS) is 21.9. The zero-order valence-electron chi connectivity index (χ0n) is 17.3. The fraction of sp³-hybridized carbons (Fsp3) is 0.364. The Kier molecular flexibility index (Phi) is 6.05. The summed E-state index contributed by atoms with van der Waals surface area (Å²) in [5.41, 5.74) is 1.84. The van der Waals surface area contributed by atoms with E-state index in [-0.39, 0.29) is 34.9 Å². The van der Waals surface area contributed by atoms with Crippen molar-refractivity contribution in [2.24, 2.45) is 0 Å². The molecule has 0 aliphatic carbocycles. The summed E-state index contributed by atoms with van der Waals surface area (Å²) >= 11 is 0. The Morgan fingerprint density at radius 1 is 1.26 bits per heavy atom. The van der Waals surface area contributed by atoms with E-state index in [4.69, 9.17) is 0 Å². The number of carbonyl (C=O) groups is 2. The summed E-state index contributed by atoms with van der Waals surface area (Å²) in [5.74, 6) is -0.649. The van der Waals surface area contributed by atoms with Gasteiger partial charge in [-0.2, -0.15) is 0 Å². The molecule has 166 valence electrons. The number of hydrogen-bond donors (Lipinski definition) is 4. The van der Waals surface area contributed by atoms with Gasteiger partial charge in [0.05, 0.1) is 29.0 Å². The highest BCUT2D eigenvalue weighted by atomic mass is 32.3. The Balaban J connectivity index is 1.53. The Bertz CT molecular complexity index is 984. The predicted octanol–water partition coefficient (Wildman–Crippen LogP) is 2.26. The van der Waals surface area contributed by atoms with Gasteiger partial charge in [0.1, 0.15) is 0 Å². The van der Waals surface area contributed by atoms with Crippen LogP contribution in [0.3, 0.4) is 0 Å². The van der Waals surface area contributed by atoms with Crippen molar-refractivity contribution in [1.82, 2.24) is 14.5 Å². The third-order valence-corrected chi connectivity index (χ3v) is 7.33. The average molecular weight is 446 g/mol. The lowest BCUT2D eigenvalue weighted by atomic mass is 10.0. The van der Waals surface area contributed by atoms with Gasteiger partial charge in [0.25, 0.3) is 5.91 Å². The summed E-state index contributed by atoms with van der Waals surface area (Å²) in [6.07, 6.45) is 0.465. The summed E-state index contributed by atoms with van der Waals surface area (Å²) < 4.78 is 22.4. The first-order chi connectivity index (χ1) is 14.7. The molecule has 4 N–H and O–H groups in total. The van der Waals surface area contributed by atoms with Crippen LogP contribution in [-0.2, 0) is 11.2 Å². The van der Waals surface area contributed by atoms with Gasteiger partial charge in [0.2, 0.25) is 5.91 Å². The van der Waals surface area contributed by atoms with Crippen molar-refractivity contribution >= 4 is 22.6 Å². The molecule has 2 aromatic rings. The van der Waals surface area contributed by atoms with Crippen molar-refractivity contribution in [3.05, 3.63) is 65.2 Å². The van der Waals surface area contributed by atoms with Crippen molar-refractivity contribution in [3.63, 3.8) is 0 Å². The molecule has 2 aliphatic heterocycles. The van der Waals surface area contributed by atoms with Crippen LogP contribution in [0.2, 0.25) is 0 Å². The van der Waals surface area contributed by atoms with Gasteiger partial charge in [-0.1, -0.05) is 47.2 Å². The highest BCUT2D eigenvalue weighted by Crippen LogP contribution is 2.50. The summed E-state index contributed by atoms with van der Waals surface area (Å²) in [6.45, 7) is 2.00. The van der Waals surface area contributed by atoms with Crippen LogP contribution in [0, 0.1) is 0 Å². The highest BCUT2D eigenvalue weighted by Gasteiger charge is 2.33. The Morgan fingerprint density at radius 3 is 2.68 bits per heavy atom. The number of β-amino-alcohol motifs (C(OH)–C–C–N with tert-alkyl or cyclic N) is 1. The van der Waals surface area contributed by atoms with Crippen LogP contribution < -0.4 is 4.72 Å². The number of aliphatic hydroxyl groups excluding tert-OH is 1. The van der Waals surface area contributed by atoms with Crippen molar-refractivity contribution < 1.29 is 23.8 Å². The lowest BCUT2D eigenvalue weighted by Gasteiger charge is -2.32. The summed E-state index contributed by atoms with van der Waals surface area (Å²) in [7, 11) is -1.61. The number of hydrogen-bond acceptors (Lipinski definition) is 6. The second-order valence-electron chi connectivity index (χ2n) is 8.12. The Hall–Kier alpha value is -2.43. The number of aliphatic hydroxyl groups is 1.